The minimum atomic E-state index is 0.396. The summed E-state index contributed by atoms with van der Waals surface area (Å²) < 4.78 is 0. The summed E-state index contributed by atoms with van der Waals surface area (Å²) in [7, 11) is 0. The van der Waals surface area contributed by atoms with E-state index < -0.39 is 0 Å². The summed E-state index contributed by atoms with van der Waals surface area (Å²) in [6.07, 6.45) is 3.99. The Hall–Kier alpha value is -1.67. The van der Waals surface area contributed by atoms with Gasteiger partial charge in [-0.05, 0) is 30.0 Å². The van der Waals surface area contributed by atoms with Gasteiger partial charge in [0.2, 0.25) is 0 Å². The average molecular weight is 254 g/mol. The smallest absolute Gasteiger partial charge is 0.0573 e. The Bertz CT molecular complexity index is 494. The molecule has 0 aliphatic carbocycles. The van der Waals surface area contributed by atoms with Crippen LogP contribution in [0.15, 0.2) is 48.7 Å². The molecule has 2 aromatic rings. The van der Waals surface area contributed by atoms with E-state index in [0.717, 1.165) is 19.4 Å². The number of rotatable bonds is 6. The highest BCUT2D eigenvalue weighted by atomic mass is 14.9. The third-order valence-corrected chi connectivity index (χ3v) is 3.49. The lowest BCUT2D eigenvalue weighted by Crippen LogP contribution is -2.21. The van der Waals surface area contributed by atoms with Gasteiger partial charge in [-0.25, -0.2) is 0 Å². The van der Waals surface area contributed by atoms with Crippen LogP contribution in [0.5, 0.6) is 0 Å². The molecule has 0 fully saturated rings. The fourth-order valence-electron chi connectivity index (χ4n) is 2.36. The lowest BCUT2D eigenvalue weighted by molar-refractivity contribution is 0.512. The second-order valence-corrected chi connectivity index (χ2v) is 4.72. The molecule has 1 aromatic heterocycles. The Morgan fingerprint density at radius 2 is 1.84 bits per heavy atom. The van der Waals surface area contributed by atoms with E-state index in [-0.39, 0.29) is 0 Å². The zero-order valence-electron chi connectivity index (χ0n) is 11.8. The zero-order valence-corrected chi connectivity index (χ0v) is 11.8. The van der Waals surface area contributed by atoms with Crippen molar-refractivity contribution in [1.82, 2.24) is 10.3 Å². The predicted molar refractivity (Wildman–Crippen MR) is 79.9 cm³/mol. The van der Waals surface area contributed by atoms with Gasteiger partial charge in [-0.1, -0.05) is 50.2 Å². The Labute approximate surface area is 115 Å². The summed E-state index contributed by atoms with van der Waals surface area (Å²) >= 11 is 0. The van der Waals surface area contributed by atoms with Crippen LogP contribution in [0.4, 0.5) is 0 Å². The molecule has 0 bridgehead atoms. The summed E-state index contributed by atoms with van der Waals surface area (Å²) in [5, 5.41) is 3.61. The summed E-state index contributed by atoms with van der Waals surface area (Å²) in [5.74, 6) is 0. The van der Waals surface area contributed by atoms with E-state index in [0.29, 0.717) is 6.04 Å². The summed E-state index contributed by atoms with van der Waals surface area (Å²) in [5.41, 5.74) is 3.84. The van der Waals surface area contributed by atoms with Gasteiger partial charge in [0.05, 0.1) is 5.69 Å². The van der Waals surface area contributed by atoms with Gasteiger partial charge in [0, 0.05) is 18.8 Å². The molecule has 0 saturated heterocycles. The molecule has 1 atom stereocenters. The van der Waals surface area contributed by atoms with Crippen LogP contribution in [-0.2, 0) is 13.0 Å². The first kappa shape index (κ1) is 13.8. The van der Waals surface area contributed by atoms with Crippen molar-refractivity contribution >= 4 is 0 Å². The van der Waals surface area contributed by atoms with Crippen molar-refractivity contribution in [3.05, 3.63) is 65.5 Å². The van der Waals surface area contributed by atoms with Gasteiger partial charge >= 0.3 is 0 Å². The second-order valence-electron chi connectivity index (χ2n) is 4.72. The topological polar surface area (TPSA) is 24.9 Å². The SMILES string of the molecule is CCc1cccnc1CNC(CC)c1ccccc1. The molecular formula is C17H22N2. The first-order valence-corrected chi connectivity index (χ1v) is 7.06. The quantitative estimate of drug-likeness (QED) is 0.846. The monoisotopic (exact) mass is 254 g/mol. The van der Waals surface area contributed by atoms with E-state index in [1.54, 1.807) is 0 Å². The molecule has 1 unspecified atom stereocenters. The third-order valence-electron chi connectivity index (χ3n) is 3.49. The van der Waals surface area contributed by atoms with Crippen LogP contribution < -0.4 is 5.32 Å². The molecule has 2 nitrogen and oxygen atoms in total. The van der Waals surface area contributed by atoms with E-state index in [9.17, 15) is 0 Å². The average Bonchev–Trinajstić information content (AvgIpc) is 2.49. The van der Waals surface area contributed by atoms with E-state index >= 15 is 0 Å². The van der Waals surface area contributed by atoms with Crippen LogP contribution in [0.3, 0.4) is 0 Å². The first-order valence-electron chi connectivity index (χ1n) is 7.06. The van der Waals surface area contributed by atoms with Crippen molar-refractivity contribution in [2.75, 3.05) is 0 Å². The van der Waals surface area contributed by atoms with Crippen LogP contribution in [0.25, 0.3) is 0 Å². The molecule has 1 N–H and O–H groups in total. The van der Waals surface area contributed by atoms with Gasteiger partial charge < -0.3 is 5.32 Å². The Morgan fingerprint density at radius 1 is 1.05 bits per heavy atom. The zero-order chi connectivity index (χ0) is 13.5. The molecule has 2 heteroatoms. The fourth-order valence-corrected chi connectivity index (χ4v) is 2.36. The van der Waals surface area contributed by atoms with Crippen LogP contribution in [0, 0.1) is 0 Å². The minimum absolute atomic E-state index is 0.396. The fraction of sp³-hybridized carbons (Fsp3) is 0.353. The van der Waals surface area contributed by atoms with Gasteiger partial charge in [0.25, 0.3) is 0 Å². The number of aromatic nitrogens is 1. The molecule has 0 radical (unpaired) electrons. The number of benzene rings is 1. The Morgan fingerprint density at radius 3 is 2.53 bits per heavy atom. The standard InChI is InChI=1S/C17H22N2/c1-3-14-11-8-12-18-17(14)13-19-16(4-2)15-9-6-5-7-10-15/h5-12,16,19H,3-4,13H2,1-2H3. The summed E-state index contributed by atoms with van der Waals surface area (Å²) in [6.45, 7) is 5.22. The molecule has 0 amide bonds. The van der Waals surface area contributed by atoms with Crippen molar-refractivity contribution in [1.29, 1.82) is 0 Å². The molecule has 100 valence electrons. The van der Waals surface area contributed by atoms with Gasteiger partial charge in [-0.3, -0.25) is 4.98 Å². The highest BCUT2D eigenvalue weighted by molar-refractivity contribution is 5.21. The van der Waals surface area contributed by atoms with Crippen LogP contribution in [0.2, 0.25) is 0 Å². The van der Waals surface area contributed by atoms with Crippen LogP contribution in [-0.4, -0.2) is 4.98 Å². The number of nitrogens with zero attached hydrogens (tertiary/aromatic N) is 1. The number of nitrogens with one attached hydrogen (secondary N) is 1. The molecule has 0 saturated carbocycles. The van der Waals surface area contributed by atoms with Crippen LogP contribution in [0.1, 0.15) is 43.1 Å². The molecule has 0 spiro atoms. The van der Waals surface area contributed by atoms with Crippen molar-refractivity contribution in [2.45, 2.75) is 39.3 Å². The van der Waals surface area contributed by atoms with Crippen LogP contribution >= 0.6 is 0 Å². The van der Waals surface area contributed by atoms with E-state index in [1.807, 2.05) is 12.3 Å². The molecule has 2 rings (SSSR count). The molecule has 0 aliphatic rings. The molecule has 0 aliphatic heterocycles. The number of hydrogen-bond acceptors (Lipinski definition) is 2. The van der Waals surface area contributed by atoms with Crippen molar-refractivity contribution in [2.24, 2.45) is 0 Å². The minimum Gasteiger partial charge on any atom is -0.304 e. The van der Waals surface area contributed by atoms with E-state index in [1.165, 1.54) is 16.8 Å². The predicted octanol–water partition coefficient (Wildman–Crippen LogP) is 3.88. The lowest BCUT2D eigenvalue weighted by atomic mass is 10.0. The van der Waals surface area contributed by atoms with Crippen molar-refractivity contribution in [3.8, 4) is 0 Å². The van der Waals surface area contributed by atoms with Gasteiger partial charge in [-0.15, -0.1) is 0 Å². The lowest BCUT2D eigenvalue weighted by Gasteiger charge is -2.18. The van der Waals surface area contributed by atoms with Gasteiger partial charge in [-0.2, -0.15) is 0 Å². The van der Waals surface area contributed by atoms with Crippen molar-refractivity contribution in [3.63, 3.8) is 0 Å². The normalized spacial score (nSPS) is 12.3. The maximum Gasteiger partial charge on any atom is 0.0573 e. The number of hydrogen-bond donors (Lipinski definition) is 1. The van der Waals surface area contributed by atoms with Gasteiger partial charge in [0.1, 0.15) is 0 Å². The summed E-state index contributed by atoms with van der Waals surface area (Å²) in [4.78, 5) is 4.49. The third kappa shape index (κ3) is 3.65. The molecular weight excluding hydrogens is 232 g/mol. The second kappa shape index (κ2) is 7.05. The van der Waals surface area contributed by atoms with Gasteiger partial charge in [0.15, 0.2) is 0 Å². The molecule has 19 heavy (non-hydrogen) atoms. The summed E-state index contributed by atoms with van der Waals surface area (Å²) in [6, 6.07) is 15.2. The van der Waals surface area contributed by atoms with E-state index in [2.05, 4.69) is 60.5 Å². The Kier molecular flexibility index (Phi) is 5.10. The first-order chi connectivity index (χ1) is 9.35. The number of pyridine rings is 1. The Balaban J connectivity index is 2.04. The highest BCUT2D eigenvalue weighted by Crippen LogP contribution is 2.17. The maximum absolute atomic E-state index is 4.49. The highest BCUT2D eigenvalue weighted by Gasteiger charge is 2.09. The molecule has 1 heterocycles. The number of aryl methyl sites for hydroxylation is 1. The largest absolute Gasteiger partial charge is 0.304 e. The van der Waals surface area contributed by atoms with E-state index in [4.69, 9.17) is 0 Å². The maximum atomic E-state index is 4.49. The molecule has 1 aromatic carbocycles. The van der Waals surface area contributed by atoms with Crippen molar-refractivity contribution < 1.29 is 0 Å².